The molecule has 0 aliphatic rings. The fourth-order valence-electron chi connectivity index (χ4n) is 2.42. The van der Waals surface area contributed by atoms with Crippen LogP contribution in [0.1, 0.15) is 21.7 Å². The molecule has 3 aromatic rings. The van der Waals surface area contributed by atoms with Crippen LogP contribution >= 0.6 is 11.6 Å². The second-order valence-electron chi connectivity index (χ2n) is 5.23. The molecule has 5 heteroatoms. The minimum Gasteiger partial charge on any atom is -0.497 e. The SMILES string of the molecule is COc1ccc(CNC(=O)c2oc3ccc(Cl)cc3c2C)cc1. The summed E-state index contributed by atoms with van der Waals surface area (Å²) >= 11 is 5.99. The molecule has 0 aliphatic carbocycles. The number of aryl methyl sites for hydroxylation is 1. The molecule has 0 aliphatic heterocycles. The monoisotopic (exact) mass is 329 g/mol. The summed E-state index contributed by atoms with van der Waals surface area (Å²) in [6, 6.07) is 12.8. The number of benzene rings is 2. The number of halogens is 1. The molecule has 1 heterocycles. The third-order valence-corrected chi connectivity index (χ3v) is 3.95. The fourth-order valence-corrected chi connectivity index (χ4v) is 2.59. The van der Waals surface area contributed by atoms with Gasteiger partial charge in [-0.3, -0.25) is 4.79 Å². The number of fused-ring (bicyclic) bond motifs is 1. The average molecular weight is 330 g/mol. The standard InChI is InChI=1S/C18H16ClNO3/c1-11-15-9-13(19)5-8-16(15)23-17(11)18(21)20-10-12-3-6-14(22-2)7-4-12/h3-9H,10H2,1-2H3,(H,20,21). The lowest BCUT2D eigenvalue weighted by Crippen LogP contribution is -2.22. The molecule has 0 unspecified atom stereocenters. The Labute approximate surface area is 139 Å². The molecule has 3 rings (SSSR count). The molecule has 1 N–H and O–H groups in total. The maximum absolute atomic E-state index is 12.4. The van der Waals surface area contributed by atoms with Crippen LogP contribution in [0.15, 0.2) is 46.9 Å². The number of methoxy groups -OCH3 is 1. The third kappa shape index (κ3) is 3.17. The number of hydrogen-bond acceptors (Lipinski definition) is 3. The minimum atomic E-state index is -0.245. The van der Waals surface area contributed by atoms with Gasteiger partial charge in [0.25, 0.3) is 5.91 Å². The number of ether oxygens (including phenoxy) is 1. The number of rotatable bonds is 4. The highest BCUT2D eigenvalue weighted by Gasteiger charge is 2.17. The predicted molar refractivity (Wildman–Crippen MR) is 90.1 cm³/mol. The Morgan fingerprint density at radius 2 is 1.96 bits per heavy atom. The van der Waals surface area contributed by atoms with Gasteiger partial charge in [0.1, 0.15) is 11.3 Å². The first-order valence-corrected chi connectivity index (χ1v) is 7.56. The topological polar surface area (TPSA) is 51.5 Å². The maximum atomic E-state index is 12.4. The Balaban J connectivity index is 1.76. The number of hydrogen-bond donors (Lipinski definition) is 1. The van der Waals surface area contributed by atoms with Crippen molar-refractivity contribution in [3.05, 3.63) is 64.4 Å². The molecule has 0 fully saturated rings. The van der Waals surface area contributed by atoms with Crippen LogP contribution in [0.25, 0.3) is 11.0 Å². The lowest BCUT2D eigenvalue weighted by Gasteiger charge is -2.05. The molecule has 0 spiro atoms. The van der Waals surface area contributed by atoms with Gasteiger partial charge in [-0.2, -0.15) is 0 Å². The third-order valence-electron chi connectivity index (χ3n) is 3.72. The quantitative estimate of drug-likeness (QED) is 0.775. The molecular formula is C18H16ClNO3. The summed E-state index contributed by atoms with van der Waals surface area (Å²) in [5, 5.41) is 4.33. The van der Waals surface area contributed by atoms with E-state index in [9.17, 15) is 4.79 Å². The van der Waals surface area contributed by atoms with E-state index < -0.39 is 0 Å². The van der Waals surface area contributed by atoms with Crippen molar-refractivity contribution < 1.29 is 13.9 Å². The minimum absolute atomic E-state index is 0.245. The van der Waals surface area contributed by atoms with Crippen LogP contribution in [0.3, 0.4) is 0 Å². The van der Waals surface area contributed by atoms with Crippen LogP contribution in [0.2, 0.25) is 5.02 Å². The smallest absolute Gasteiger partial charge is 0.287 e. The molecule has 118 valence electrons. The van der Waals surface area contributed by atoms with Crippen molar-refractivity contribution in [2.45, 2.75) is 13.5 Å². The van der Waals surface area contributed by atoms with E-state index in [-0.39, 0.29) is 5.91 Å². The Hall–Kier alpha value is -2.46. The van der Waals surface area contributed by atoms with Crippen molar-refractivity contribution in [1.82, 2.24) is 5.32 Å². The van der Waals surface area contributed by atoms with Gasteiger partial charge < -0.3 is 14.5 Å². The predicted octanol–water partition coefficient (Wildman–Crippen LogP) is 4.33. The van der Waals surface area contributed by atoms with E-state index in [1.807, 2.05) is 31.2 Å². The van der Waals surface area contributed by atoms with Crippen molar-refractivity contribution in [2.75, 3.05) is 7.11 Å². The van der Waals surface area contributed by atoms with E-state index >= 15 is 0 Å². The molecule has 0 saturated heterocycles. The van der Waals surface area contributed by atoms with Crippen molar-refractivity contribution in [1.29, 1.82) is 0 Å². The summed E-state index contributed by atoms with van der Waals surface area (Å²) in [7, 11) is 1.62. The van der Waals surface area contributed by atoms with Gasteiger partial charge in [-0.1, -0.05) is 23.7 Å². The van der Waals surface area contributed by atoms with Crippen molar-refractivity contribution in [3.8, 4) is 5.75 Å². The molecular weight excluding hydrogens is 314 g/mol. The summed E-state index contributed by atoms with van der Waals surface area (Å²) in [5.41, 5.74) is 2.42. The average Bonchev–Trinajstić information content (AvgIpc) is 2.90. The zero-order chi connectivity index (χ0) is 16.4. The van der Waals surface area contributed by atoms with Crippen LogP contribution in [-0.4, -0.2) is 13.0 Å². The Kier molecular flexibility index (Phi) is 4.26. The van der Waals surface area contributed by atoms with E-state index in [1.54, 1.807) is 25.3 Å². The lowest BCUT2D eigenvalue weighted by atomic mass is 10.1. The van der Waals surface area contributed by atoms with Crippen LogP contribution in [0, 0.1) is 6.92 Å². The normalized spacial score (nSPS) is 10.7. The molecule has 1 aromatic heterocycles. The van der Waals surface area contributed by atoms with Crippen LogP contribution in [0.4, 0.5) is 0 Å². The van der Waals surface area contributed by atoms with Crippen LogP contribution < -0.4 is 10.1 Å². The van der Waals surface area contributed by atoms with Crippen molar-refractivity contribution >= 4 is 28.5 Å². The zero-order valence-electron chi connectivity index (χ0n) is 12.9. The second kappa shape index (κ2) is 6.34. The van der Waals surface area contributed by atoms with E-state index in [1.165, 1.54) is 0 Å². The van der Waals surface area contributed by atoms with E-state index in [2.05, 4.69) is 5.32 Å². The van der Waals surface area contributed by atoms with Crippen molar-refractivity contribution in [3.63, 3.8) is 0 Å². The first-order valence-electron chi connectivity index (χ1n) is 7.18. The second-order valence-corrected chi connectivity index (χ2v) is 5.66. The Morgan fingerprint density at radius 3 is 2.65 bits per heavy atom. The molecule has 2 aromatic carbocycles. The van der Waals surface area contributed by atoms with Gasteiger partial charge in [-0.25, -0.2) is 0 Å². The number of nitrogens with one attached hydrogen (secondary N) is 1. The van der Waals surface area contributed by atoms with Gasteiger partial charge in [0.2, 0.25) is 0 Å². The van der Waals surface area contributed by atoms with Gasteiger partial charge in [-0.15, -0.1) is 0 Å². The van der Waals surface area contributed by atoms with Gasteiger partial charge in [0, 0.05) is 22.5 Å². The summed E-state index contributed by atoms with van der Waals surface area (Å²) in [5.74, 6) is 0.853. The molecule has 1 amide bonds. The lowest BCUT2D eigenvalue weighted by molar-refractivity contribution is 0.0924. The van der Waals surface area contributed by atoms with E-state index in [0.29, 0.717) is 22.9 Å². The Bertz CT molecular complexity index is 853. The van der Waals surface area contributed by atoms with Gasteiger partial charge >= 0.3 is 0 Å². The molecule has 23 heavy (non-hydrogen) atoms. The van der Waals surface area contributed by atoms with Crippen LogP contribution in [0.5, 0.6) is 5.75 Å². The molecule has 4 nitrogen and oxygen atoms in total. The highest BCUT2D eigenvalue weighted by Crippen LogP contribution is 2.27. The van der Waals surface area contributed by atoms with E-state index in [4.69, 9.17) is 20.8 Å². The maximum Gasteiger partial charge on any atom is 0.287 e. The summed E-state index contributed by atoms with van der Waals surface area (Å²) < 4.78 is 10.8. The highest BCUT2D eigenvalue weighted by atomic mass is 35.5. The Morgan fingerprint density at radius 1 is 1.22 bits per heavy atom. The largest absolute Gasteiger partial charge is 0.497 e. The first-order chi connectivity index (χ1) is 11.1. The van der Waals surface area contributed by atoms with Crippen LogP contribution in [-0.2, 0) is 6.54 Å². The molecule has 0 atom stereocenters. The van der Waals surface area contributed by atoms with Gasteiger partial charge in [-0.05, 0) is 42.8 Å². The van der Waals surface area contributed by atoms with Gasteiger partial charge in [0.15, 0.2) is 5.76 Å². The summed E-state index contributed by atoms with van der Waals surface area (Å²) in [4.78, 5) is 12.4. The summed E-state index contributed by atoms with van der Waals surface area (Å²) in [6.45, 7) is 2.27. The van der Waals surface area contributed by atoms with Gasteiger partial charge in [0.05, 0.1) is 7.11 Å². The number of amides is 1. The highest BCUT2D eigenvalue weighted by molar-refractivity contribution is 6.31. The fraction of sp³-hybridized carbons (Fsp3) is 0.167. The number of furan rings is 1. The number of carbonyl (C=O) groups is 1. The molecule has 0 bridgehead atoms. The zero-order valence-corrected chi connectivity index (χ0v) is 13.6. The van der Waals surface area contributed by atoms with Crippen molar-refractivity contribution in [2.24, 2.45) is 0 Å². The first kappa shape index (κ1) is 15.4. The number of carbonyl (C=O) groups excluding carboxylic acids is 1. The van der Waals surface area contributed by atoms with E-state index in [0.717, 1.165) is 22.3 Å². The molecule has 0 saturated carbocycles. The molecule has 0 radical (unpaired) electrons. The summed E-state index contributed by atoms with van der Waals surface area (Å²) in [6.07, 6.45) is 0.